The third-order valence-corrected chi connectivity index (χ3v) is 5.97. The van der Waals surface area contributed by atoms with Crippen LogP contribution in [0.5, 0.6) is 5.75 Å². The first-order valence-electron chi connectivity index (χ1n) is 9.92. The molecule has 2 aromatic carbocycles. The molecule has 0 unspecified atom stereocenters. The SMILES string of the molecule is Cc1cccc(C2(O)CCN(C[C@@H](O)c3ccc4c(c3)C[C@@H](C)O4)CC2)c1. The van der Waals surface area contributed by atoms with Crippen LogP contribution in [0, 0.1) is 6.92 Å². The van der Waals surface area contributed by atoms with E-state index in [4.69, 9.17) is 4.74 Å². The third kappa shape index (κ3) is 3.88. The third-order valence-electron chi connectivity index (χ3n) is 5.97. The van der Waals surface area contributed by atoms with Crippen molar-refractivity contribution in [2.24, 2.45) is 0 Å². The van der Waals surface area contributed by atoms with Gasteiger partial charge in [-0.05, 0) is 55.5 Å². The van der Waals surface area contributed by atoms with Gasteiger partial charge in [-0.25, -0.2) is 0 Å². The summed E-state index contributed by atoms with van der Waals surface area (Å²) in [5.41, 5.74) is 3.57. The van der Waals surface area contributed by atoms with Gasteiger partial charge in [-0.3, -0.25) is 0 Å². The fourth-order valence-corrected chi connectivity index (χ4v) is 4.33. The first kappa shape index (κ1) is 18.5. The van der Waals surface area contributed by atoms with Gasteiger partial charge in [0.25, 0.3) is 0 Å². The number of piperidine rings is 1. The monoisotopic (exact) mass is 367 g/mol. The van der Waals surface area contributed by atoms with Gasteiger partial charge in [-0.1, -0.05) is 35.9 Å². The van der Waals surface area contributed by atoms with Crippen LogP contribution in [-0.2, 0) is 12.0 Å². The van der Waals surface area contributed by atoms with E-state index in [2.05, 4.69) is 36.9 Å². The summed E-state index contributed by atoms with van der Waals surface area (Å²) >= 11 is 0. The van der Waals surface area contributed by atoms with Crippen LogP contribution in [0.15, 0.2) is 42.5 Å². The molecule has 0 saturated carbocycles. The van der Waals surface area contributed by atoms with Crippen LogP contribution in [0.4, 0.5) is 0 Å². The molecular weight excluding hydrogens is 338 g/mol. The number of fused-ring (bicyclic) bond motifs is 1. The van der Waals surface area contributed by atoms with Gasteiger partial charge in [-0.15, -0.1) is 0 Å². The summed E-state index contributed by atoms with van der Waals surface area (Å²) in [6.45, 7) is 6.29. The molecular formula is C23H29NO3. The predicted octanol–water partition coefficient (Wildman–Crippen LogP) is 3.34. The molecule has 4 rings (SSSR count). The normalized spacial score (nSPS) is 22.9. The average Bonchev–Trinajstić information content (AvgIpc) is 3.03. The smallest absolute Gasteiger partial charge is 0.123 e. The van der Waals surface area contributed by atoms with E-state index in [-0.39, 0.29) is 6.10 Å². The van der Waals surface area contributed by atoms with Crippen LogP contribution in [-0.4, -0.2) is 40.9 Å². The molecule has 2 aromatic rings. The maximum Gasteiger partial charge on any atom is 0.123 e. The van der Waals surface area contributed by atoms with Gasteiger partial charge < -0.3 is 19.8 Å². The standard InChI is InChI=1S/C23H29NO3/c1-16-4-3-5-20(12-16)23(26)8-10-24(11-9-23)15-21(25)18-6-7-22-19(14-18)13-17(2)27-22/h3-7,12,14,17,21,25-26H,8-11,13,15H2,1-2H3/t17-,21-/m1/s1. The van der Waals surface area contributed by atoms with Crippen molar-refractivity contribution < 1.29 is 14.9 Å². The van der Waals surface area contributed by atoms with Crippen LogP contribution >= 0.6 is 0 Å². The van der Waals surface area contributed by atoms with Crippen molar-refractivity contribution in [3.8, 4) is 5.75 Å². The molecule has 27 heavy (non-hydrogen) atoms. The summed E-state index contributed by atoms with van der Waals surface area (Å²) in [5.74, 6) is 0.944. The number of benzene rings is 2. The Balaban J connectivity index is 1.37. The molecule has 2 N–H and O–H groups in total. The van der Waals surface area contributed by atoms with Crippen molar-refractivity contribution in [3.63, 3.8) is 0 Å². The maximum atomic E-state index is 11.1. The zero-order chi connectivity index (χ0) is 19.0. The number of hydrogen-bond acceptors (Lipinski definition) is 4. The number of aliphatic hydroxyl groups excluding tert-OH is 1. The van der Waals surface area contributed by atoms with E-state index in [1.165, 1.54) is 11.1 Å². The van der Waals surface area contributed by atoms with Crippen molar-refractivity contribution >= 4 is 0 Å². The van der Waals surface area contributed by atoms with E-state index in [1.807, 2.05) is 24.3 Å². The summed E-state index contributed by atoms with van der Waals surface area (Å²) in [7, 11) is 0. The van der Waals surface area contributed by atoms with Crippen LogP contribution in [0.2, 0.25) is 0 Å². The fourth-order valence-electron chi connectivity index (χ4n) is 4.33. The number of β-amino-alcohol motifs (C(OH)–C–C–N with tert-alkyl or cyclic N) is 1. The lowest BCUT2D eigenvalue weighted by molar-refractivity contribution is -0.0345. The Hall–Kier alpha value is -1.88. The lowest BCUT2D eigenvalue weighted by Gasteiger charge is -2.39. The van der Waals surface area contributed by atoms with Gasteiger partial charge in [0.1, 0.15) is 11.9 Å². The number of hydrogen-bond donors (Lipinski definition) is 2. The van der Waals surface area contributed by atoms with Crippen LogP contribution in [0.25, 0.3) is 0 Å². The van der Waals surface area contributed by atoms with Crippen molar-refractivity contribution in [2.75, 3.05) is 19.6 Å². The highest BCUT2D eigenvalue weighted by molar-refractivity contribution is 5.41. The largest absolute Gasteiger partial charge is 0.490 e. The molecule has 1 saturated heterocycles. The number of ether oxygens (including phenoxy) is 1. The number of aryl methyl sites for hydroxylation is 1. The Morgan fingerprint density at radius 3 is 2.70 bits per heavy atom. The minimum absolute atomic E-state index is 0.216. The maximum absolute atomic E-state index is 11.1. The molecule has 2 aliphatic rings. The highest BCUT2D eigenvalue weighted by atomic mass is 16.5. The number of nitrogens with zero attached hydrogens (tertiary/aromatic N) is 1. The molecule has 0 bridgehead atoms. The molecule has 4 heteroatoms. The molecule has 0 spiro atoms. The predicted molar refractivity (Wildman–Crippen MR) is 106 cm³/mol. The Labute approximate surface area is 161 Å². The van der Waals surface area contributed by atoms with E-state index in [0.29, 0.717) is 19.4 Å². The van der Waals surface area contributed by atoms with E-state index in [0.717, 1.165) is 36.4 Å². The highest BCUT2D eigenvalue weighted by Gasteiger charge is 2.34. The number of likely N-dealkylation sites (tertiary alicyclic amines) is 1. The molecule has 2 atom stereocenters. The molecule has 2 heterocycles. The van der Waals surface area contributed by atoms with E-state index < -0.39 is 11.7 Å². The summed E-state index contributed by atoms with van der Waals surface area (Å²) in [6.07, 6.45) is 1.99. The molecule has 4 nitrogen and oxygen atoms in total. The van der Waals surface area contributed by atoms with Crippen LogP contribution < -0.4 is 4.74 Å². The molecule has 0 amide bonds. The van der Waals surface area contributed by atoms with Gasteiger partial charge in [0.15, 0.2) is 0 Å². The Morgan fingerprint density at radius 1 is 1.19 bits per heavy atom. The van der Waals surface area contributed by atoms with Gasteiger partial charge >= 0.3 is 0 Å². The number of rotatable bonds is 4. The van der Waals surface area contributed by atoms with Gasteiger partial charge in [0, 0.05) is 26.1 Å². The topological polar surface area (TPSA) is 52.9 Å². The Bertz CT molecular complexity index is 811. The molecule has 0 aromatic heterocycles. The Kier molecular flexibility index (Phi) is 4.97. The quantitative estimate of drug-likeness (QED) is 0.870. The van der Waals surface area contributed by atoms with Crippen molar-refractivity contribution in [1.29, 1.82) is 0 Å². The second-order valence-electron chi connectivity index (χ2n) is 8.22. The first-order valence-corrected chi connectivity index (χ1v) is 9.92. The minimum Gasteiger partial charge on any atom is -0.490 e. The van der Waals surface area contributed by atoms with E-state index in [9.17, 15) is 10.2 Å². The Morgan fingerprint density at radius 2 is 1.96 bits per heavy atom. The molecule has 2 aliphatic heterocycles. The first-order chi connectivity index (χ1) is 12.9. The molecule has 1 fully saturated rings. The zero-order valence-corrected chi connectivity index (χ0v) is 16.2. The van der Waals surface area contributed by atoms with Gasteiger partial charge in [0.05, 0.1) is 11.7 Å². The second kappa shape index (κ2) is 7.27. The second-order valence-corrected chi connectivity index (χ2v) is 8.22. The molecule has 0 aliphatic carbocycles. The fraction of sp³-hybridized carbons (Fsp3) is 0.478. The van der Waals surface area contributed by atoms with Crippen molar-refractivity contribution in [3.05, 3.63) is 64.7 Å². The van der Waals surface area contributed by atoms with Gasteiger partial charge in [-0.2, -0.15) is 0 Å². The van der Waals surface area contributed by atoms with Crippen LogP contribution in [0.3, 0.4) is 0 Å². The van der Waals surface area contributed by atoms with Crippen molar-refractivity contribution in [2.45, 2.75) is 50.9 Å². The summed E-state index contributed by atoms with van der Waals surface area (Å²) in [4.78, 5) is 2.25. The van der Waals surface area contributed by atoms with E-state index in [1.54, 1.807) is 0 Å². The average molecular weight is 367 g/mol. The van der Waals surface area contributed by atoms with Gasteiger partial charge in [0.2, 0.25) is 0 Å². The summed E-state index contributed by atoms with van der Waals surface area (Å²) < 4.78 is 5.74. The highest BCUT2D eigenvalue weighted by Crippen LogP contribution is 2.35. The van der Waals surface area contributed by atoms with E-state index >= 15 is 0 Å². The summed E-state index contributed by atoms with van der Waals surface area (Å²) in [5, 5.41) is 21.8. The molecule has 0 radical (unpaired) electrons. The summed E-state index contributed by atoms with van der Waals surface area (Å²) in [6, 6.07) is 14.2. The molecule has 144 valence electrons. The van der Waals surface area contributed by atoms with Crippen molar-refractivity contribution in [1.82, 2.24) is 4.90 Å². The lowest BCUT2D eigenvalue weighted by atomic mass is 9.83. The van der Waals surface area contributed by atoms with Crippen LogP contribution in [0.1, 0.15) is 48.1 Å². The minimum atomic E-state index is -0.755. The zero-order valence-electron chi connectivity index (χ0n) is 16.2. The lowest BCUT2D eigenvalue weighted by Crippen LogP contribution is -2.44. The number of aliphatic hydroxyl groups is 2.